The summed E-state index contributed by atoms with van der Waals surface area (Å²) in [5.41, 5.74) is 6.23. The van der Waals surface area contributed by atoms with Crippen LogP contribution in [-0.2, 0) is 0 Å². The molecule has 2 aromatic heterocycles. The van der Waals surface area contributed by atoms with Crippen LogP contribution in [0.4, 0.5) is 8.63 Å². The molecule has 2 aromatic rings. The smallest absolute Gasteiger partial charge is 0.393 e. The molecule has 2 nitrogen and oxygen atoms in total. The first kappa shape index (κ1) is 14.6. The van der Waals surface area contributed by atoms with E-state index in [1.54, 1.807) is 25.2 Å². The molecular formula is C17H17BF2N2S. The molecule has 0 N–H and O–H groups in total. The standard InChI is InChI=1S/C17H17BF2N2S/c1-10-7-12(3)21-16(10)15(14-5-6-23-9-14)17-11(2)8-13(4)22(17)18(21,19)20/h5-9H,1-4H3. The van der Waals surface area contributed by atoms with Crippen LogP contribution in [0.15, 0.2) is 40.2 Å². The van der Waals surface area contributed by atoms with Gasteiger partial charge in [0, 0.05) is 29.8 Å². The highest BCUT2D eigenvalue weighted by Gasteiger charge is 2.55. The molecule has 0 aromatic carbocycles. The van der Waals surface area contributed by atoms with Crippen LogP contribution in [-0.4, -0.2) is 21.6 Å². The summed E-state index contributed by atoms with van der Waals surface area (Å²) in [5, 5.41) is 4.02. The summed E-state index contributed by atoms with van der Waals surface area (Å²) in [6, 6.07) is 3.86. The topological polar surface area (TPSA) is 7.94 Å². The van der Waals surface area contributed by atoms with E-state index in [1.807, 2.05) is 42.8 Å². The Bertz CT molecular complexity index is 930. The second kappa shape index (κ2) is 4.54. The van der Waals surface area contributed by atoms with Crippen LogP contribution >= 0.6 is 11.3 Å². The molecule has 23 heavy (non-hydrogen) atoms. The molecular weight excluding hydrogens is 313 g/mol. The van der Waals surface area contributed by atoms with Gasteiger partial charge in [-0.1, -0.05) is 0 Å². The van der Waals surface area contributed by atoms with E-state index in [2.05, 4.69) is 0 Å². The van der Waals surface area contributed by atoms with Crippen molar-refractivity contribution in [3.05, 3.63) is 62.8 Å². The molecule has 4 heterocycles. The Labute approximate surface area is 138 Å². The molecule has 2 aliphatic heterocycles. The van der Waals surface area contributed by atoms with Gasteiger partial charge in [0.25, 0.3) is 0 Å². The van der Waals surface area contributed by atoms with Gasteiger partial charge in [-0.3, -0.25) is 0 Å². The van der Waals surface area contributed by atoms with Crippen LogP contribution < -0.4 is 0 Å². The quantitative estimate of drug-likeness (QED) is 0.676. The van der Waals surface area contributed by atoms with Crippen molar-refractivity contribution >= 4 is 29.6 Å². The first-order valence-electron chi connectivity index (χ1n) is 7.63. The van der Waals surface area contributed by atoms with E-state index in [0.717, 1.165) is 22.3 Å². The molecule has 0 saturated heterocycles. The van der Waals surface area contributed by atoms with E-state index in [4.69, 9.17) is 0 Å². The van der Waals surface area contributed by atoms with Crippen LogP contribution in [0.3, 0.4) is 0 Å². The third-order valence-electron chi connectivity index (χ3n) is 4.74. The largest absolute Gasteiger partial charge is 0.737 e. The molecule has 6 heteroatoms. The molecule has 0 unspecified atom stereocenters. The summed E-state index contributed by atoms with van der Waals surface area (Å²) < 4.78 is 33.1. The monoisotopic (exact) mass is 330 g/mol. The fraction of sp³-hybridized carbons (Fsp3) is 0.235. The van der Waals surface area contributed by atoms with Gasteiger partial charge in [0.1, 0.15) is 5.71 Å². The summed E-state index contributed by atoms with van der Waals surface area (Å²) in [7, 11) is 0. The zero-order valence-corrected chi connectivity index (χ0v) is 14.3. The van der Waals surface area contributed by atoms with Crippen molar-refractivity contribution in [2.24, 2.45) is 0 Å². The maximum absolute atomic E-state index is 15.3. The van der Waals surface area contributed by atoms with Crippen molar-refractivity contribution in [1.82, 2.24) is 4.48 Å². The van der Waals surface area contributed by atoms with Crippen LogP contribution in [0, 0.1) is 13.8 Å². The number of thiophene rings is 1. The van der Waals surface area contributed by atoms with Crippen LogP contribution in [0.5, 0.6) is 0 Å². The molecule has 0 saturated carbocycles. The van der Waals surface area contributed by atoms with E-state index < -0.39 is 6.97 Å². The van der Waals surface area contributed by atoms with Gasteiger partial charge in [0.05, 0.1) is 5.57 Å². The maximum atomic E-state index is 15.3. The third-order valence-corrected chi connectivity index (χ3v) is 5.43. The highest BCUT2D eigenvalue weighted by molar-refractivity contribution is 7.08. The average molecular weight is 330 g/mol. The number of rotatable bonds is 1. The number of halogens is 2. The van der Waals surface area contributed by atoms with Crippen LogP contribution in [0.2, 0.25) is 0 Å². The van der Waals surface area contributed by atoms with Crippen molar-refractivity contribution in [1.29, 1.82) is 0 Å². The molecule has 0 spiro atoms. The van der Waals surface area contributed by atoms with Crippen molar-refractivity contribution in [3.8, 4) is 0 Å². The van der Waals surface area contributed by atoms with E-state index in [0.29, 0.717) is 22.8 Å². The highest BCUT2D eigenvalue weighted by atomic mass is 32.1. The minimum Gasteiger partial charge on any atom is -0.393 e. The zero-order chi connectivity index (χ0) is 16.5. The number of allylic oxidation sites excluding steroid dienone is 2. The molecule has 0 bridgehead atoms. The third kappa shape index (κ3) is 1.75. The Morgan fingerprint density at radius 3 is 2.57 bits per heavy atom. The SMILES string of the molecule is CC1=CC(C)=[N+]2C1=C(c1ccsc1)c1c(C)cc(C)n1[B-]2(F)F. The number of aromatic nitrogens is 1. The van der Waals surface area contributed by atoms with Crippen LogP contribution in [0.1, 0.15) is 36.4 Å². The number of nitrogens with zero attached hydrogens (tertiary/aromatic N) is 2. The highest BCUT2D eigenvalue weighted by Crippen LogP contribution is 2.44. The molecule has 0 amide bonds. The number of hydrogen-bond acceptors (Lipinski definition) is 1. The molecule has 0 atom stereocenters. The average Bonchev–Trinajstić information content (AvgIpc) is 3.12. The van der Waals surface area contributed by atoms with Gasteiger partial charge in [0.2, 0.25) is 0 Å². The van der Waals surface area contributed by atoms with E-state index in [-0.39, 0.29) is 0 Å². The summed E-state index contributed by atoms with van der Waals surface area (Å²) in [4.78, 5) is 0. The molecule has 118 valence electrons. The second-order valence-electron chi connectivity index (χ2n) is 6.35. The minimum absolute atomic E-state index is 0.603. The first-order chi connectivity index (χ1) is 10.8. The second-order valence-corrected chi connectivity index (χ2v) is 7.13. The Morgan fingerprint density at radius 1 is 1.17 bits per heavy atom. The maximum Gasteiger partial charge on any atom is 0.737 e. The van der Waals surface area contributed by atoms with Gasteiger partial charge >= 0.3 is 6.97 Å². The van der Waals surface area contributed by atoms with Gasteiger partial charge in [-0.2, -0.15) is 11.3 Å². The molecule has 0 fully saturated rings. The van der Waals surface area contributed by atoms with Crippen molar-refractivity contribution in [2.45, 2.75) is 27.7 Å². The summed E-state index contributed by atoms with van der Waals surface area (Å²) in [6.07, 6.45) is 1.86. The molecule has 0 radical (unpaired) electrons. The van der Waals surface area contributed by atoms with Gasteiger partial charge in [-0.25, -0.2) is 0 Å². The lowest BCUT2D eigenvalue weighted by atomic mass is 9.84. The lowest BCUT2D eigenvalue weighted by Crippen LogP contribution is -2.51. The van der Waals surface area contributed by atoms with E-state index in [1.165, 1.54) is 8.96 Å². The predicted molar refractivity (Wildman–Crippen MR) is 92.3 cm³/mol. The van der Waals surface area contributed by atoms with Gasteiger partial charge in [-0.15, -0.1) is 0 Å². The zero-order valence-electron chi connectivity index (χ0n) is 13.5. The van der Waals surface area contributed by atoms with Gasteiger partial charge in [-0.05, 0) is 54.9 Å². The van der Waals surface area contributed by atoms with Crippen molar-refractivity contribution < 1.29 is 13.1 Å². The van der Waals surface area contributed by atoms with Crippen molar-refractivity contribution in [2.75, 3.05) is 0 Å². The predicted octanol–water partition coefficient (Wildman–Crippen LogP) is 4.60. The van der Waals surface area contributed by atoms with Crippen molar-refractivity contribution in [3.63, 3.8) is 0 Å². The lowest BCUT2D eigenvalue weighted by Gasteiger charge is -2.33. The first-order valence-corrected chi connectivity index (χ1v) is 8.58. The Hall–Kier alpha value is -1.95. The van der Waals surface area contributed by atoms with Gasteiger partial charge < -0.3 is 17.6 Å². The summed E-state index contributed by atoms with van der Waals surface area (Å²) >= 11 is 1.59. The molecule has 2 aliphatic rings. The lowest BCUT2D eigenvalue weighted by molar-refractivity contribution is -0.363. The Kier molecular flexibility index (Phi) is 2.89. The number of fused-ring (bicyclic) bond motifs is 2. The fourth-order valence-electron chi connectivity index (χ4n) is 3.98. The normalized spacial score (nSPS) is 19.1. The minimum atomic E-state index is -3.87. The van der Waals surface area contributed by atoms with Crippen LogP contribution in [0.25, 0.3) is 5.57 Å². The Balaban J connectivity index is 2.20. The Morgan fingerprint density at radius 2 is 1.91 bits per heavy atom. The van der Waals surface area contributed by atoms with Gasteiger partial charge in [0.15, 0.2) is 5.70 Å². The molecule has 0 aliphatic carbocycles. The number of hydrogen-bond donors (Lipinski definition) is 0. The fourth-order valence-corrected chi connectivity index (χ4v) is 4.63. The number of aryl methyl sites for hydroxylation is 2. The van der Waals surface area contributed by atoms with E-state index in [9.17, 15) is 0 Å². The molecule has 4 rings (SSSR count). The summed E-state index contributed by atoms with van der Waals surface area (Å²) in [6.45, 7) is 3.47. The van der Waals surface area contributed by atoms with E-state index >= 15 is 8.63 Å². The summed E-state index contributed by atoms with van der Waals surface area (Å²) in [5.74, 6) is 0.